The molecule has 21 heavy (non-hydrogen) atoms. The molecule has 0 aromatic heterocycles. The molecule has 2 aromatic carbocycles. The first-order valence-electron chi connectivity index (χ1n) is 5.85. The summed E-state index contributed by atoms with van der Waals surface area (Å²) >= 11 is 0. The second kappa shape index (κ2) is 6.38. The molecular weight excluding hydrogens is 278 g/mol. The van der Waals surface area contributed by atoms with Crippen molar-refractivity contribution in [2.45, 2.75) is 0 Å². The zero-order chi connectivity index (χ0) is 15.2. The average molecular weight is 289 g/mol. The van der Waals surface area contributed by atoms with Crippen molar-refractivity contribution < 1.29 is 23.9 Å². The van der Waals surface area contributed by atoms with Crippen molar-refractivity contribution in [3.63, 3.8) is 0 Å². The summed E-state index contributed by atoms with van der Waals surface area (Å²) in [6.07, 6.45) is 0. The first-order valence-corrected chi connectivity index (χ1v) is 5.85. The van der Waals surface area contributed by atoms with Gasteiger partial charge in [0, 0.05) is 12.1 Å². The van der Waals surface area contributed by atoms with Gasteiger partial charge in [-0.1, -0.05) is 12.1 Å². The SMILES string of the molecule is COc1ccc(OC=O)cc1Oc1ccccc1[N+](=O)[O-]. The van der Waals surface area contributed by atoms with Crippen LogP contribution in [-0.2, 0) is 4.79 Å². The van der Waals surface area contributed by atoms with E-state index in [1.807, 2.05) is 0 Å². The van der Waals surface area contributed by atoms with Gasteiger partial charge in [-0.15, -0.1) is 0 Å². The summed E-state index contributed by atoms with van der Waals surface area (Å²) in [4.78, 5) is 20.8. The number of carbonyl (C=O) groups excluding carboxylic acids is 1. The summed E-state index contributed by atoms with van der Waals surface area (Å²) in [5.74, 6) is 0.848. The minimum Gasteiger partial charge on any atom is -0.493 e. The van der Waals surface area contributed by atoms with Crippen LogP contribution in [-0.4, -0.2) is 18.5 Å². The molecule has 0 aliphatic carbocycles. The van der Waals surface area contributed by atoms with Crippen LogP contribution < -0.4 is 14.2 Å². The van der Waals surface area contributed by atoms with Gasteiger partial charge in [0.05, 0.1) is 12.0 Å². The number of nitrogens with zero attached hydrogens (tertiary/aromatic N) is 1. The second-order valence-corrected chi connectivity index (χ2v) is 3.85. The number of benzene rings is 2. The molecule has 0 N–H and O–H groups in total. The predicted octanol–water partition coefficient (Wildman–Crippen LogP) is 2.93. The summed E-state index contributed by atoms with van der Waals surface area (Å²) in [6.45, 7) is 0.274. The van der Waals surface area contributed by atoms with E-state index in [9.17, 15) is 14.9 Å². The van der Waals surface area contributed by atoms with Gasteiger partial charge < -0.3 is 14.2 Å². The van der Waals surface area contributed by atoms with Crippen LogP contribution in [0.25, 0.3) is 0 Å². The molecule has 2 aromatic rings. The Morgan fingerprint density at radius 2 is 1.86 bits per heavy atom. The number of rotatable bonds is 6. The van der Waals surface area contributed by atoms with Crippen molar-refractivity contribution in [2.75, 3.05) is 7.11 Å². The third kappa shape index (κ3) is 3.27. The monoisotopic (exact) mass is 289 g/mol. The Labute approximate surface area is 119 Å². The molecule has 108 valence electrons. The van der Waals surface area contributed by atoms with Gasteiger partial charge >= 0.3 is 5.69 Å². The van der Waals surface area contributed by atoms with E-state index >= 15 is 0 Å². The molecule has 0 unspecified atom stereocenters. The van der Waals surface area contributed by atoms with Gasteiger partial charge in [0.2, 0.25) is 5.75 Å². The van der Waals surface area contributed by atoms with Crippen molar-refractivity contribution in [1.29, 1.82) is 0 Å². The number of hydrogen-bond acceptors (Lipinski definition) is 6. The lowest BCUT2D eigenvalue weighted by molar-refractivity contribution is -0.385. The molecule has 0 heterocycles. The molecule has 0 aliphatic heterocycles. The number of para-hydroxylation sites is 2. The Morgan fingerprint density at radius 3 is 2.52 bits per heavy atom. The van der Waals surface area contributed by atoms with Crippen LogP contribution in [0, 0.1) is 10.1 Å². The van der Waals surface area contributed by atoms with Gasteiger partial charge in [-0.2, -0.15) is 0 Å². The Morgan fingerprint density at radius 1 is 1.10 bits per heavy atom. The smallest absolute Gasteiger partial charge is 0.311 e. The average Bonchev–Trinajstić information content (AvgIpc) is 2.48. The van der Waals surface area contributed by atoms with Gasteiger partial charge in [-0.3, -0.25) is 14.9 Å². The summed E-state index contributed by atoms with van der Waals surface area (Å²) in [7, 11) is 1.43. The van der Waals surface area contributed by atoms with E-state index in [0.717, 1.165) is 0 Å². The van der Waals surface area contributed by atoms with Crippen LogP contribution in [0.2, 0.25) is 0 Å². The molecule has 0 aliphatic rings. The molecule has 0 spiro atoms. The molecule has 0 bridgehead atoms. The van der Waals surface area contributed by atoms with E-state index in [1.54, 1.807) is 6.07 Å². The first kappa shape index (κ1) is 14.3. The quantitative estimate of drug-likeness (QED) is 0.461. The topological polar surface area (TPSA) is 87.9 Å². The van der Waals surface area contributed by atoms with Gasteiger partial charge in [0.15, 0.2) is 11.5 Å². The van der Waals surface area contributed by atoms with Crippen LogP contribution in [0.5, 0.6) is 23.0 Å². The molecular formula is C14H11NO6. The number of carbonyl (C=O) groups is 1. The molecule has 7 heteroatoms. The maximum absolute atomic E-state index is 11.0. The maximum atomic E-state index is 11.0. The van der Waals surface area contributed by atoms with Crippen molar-refractivity contribution in [3.05, 3.63) is 52.6 Å². The van der Waals surface area contributed by atoms with Crippen LogP contribution >= 0.6 is 0 Å². The Balaban J connectivity index is 2.40. The standard InChI is InChI=1S/C14H11NO6/c1-19-13-7-6-10(20-9-16)8-14(13)21-12-5-3-2-4-11(12)15(17)18/h2-9H,1H3. The van der Waals surface area contributed by atoms with Gasteiger partial charge in [-0.25, -0.2) is 0 Å². The molecule has 0 atom stereocenters. The van der Waals surface area contributed by atoms with E-state index < -0.39 is 4.92 Å². The Kier molecular flexibility index (Phi) is 4.35. The summed E-state index contributed by atoms with van der Waals surface area (Å²) in [5.41, 5.74) is -0.179. The number of hydrogen-bond donors (Lipinski definition) is 0. The van der Waals surface area contributed by atoms with Crippen LogP contribution in [0.1, 0.15) is 0 Å². The lowest BCUT2D eigenvalue weighted by Gasteiger charge is -2.11. The highest BCUT2D eigenvalue weighted by atomic mass is 16.6. The predicted molar refractivity (Wildman–Crippen MR) is 72.9 cm³/mol. The third-order valence-electron chi connectivity index (χ3n) is 2.60. The number of ether oxygens (including phenoxy) is 3. The molecule has 0 saturated carbocycles. The molecule has 0 amide bonds. The minimum atomic E-state index is -0.548. The molecule has 0 saturated heterocycles. The highest BCUT2D eigenvalue weighted by molar-refractivity contribution is 5.54. The van der Waals surface area contributed by atoms with Crippen LogP contribution in [0.4, 0.5) is 5.69 Å². The van der Waals surface area contributed by atoms with E-state index in [1.165, 1.54) is 43.5 Å². The first-order chi connectivity index (χ1) is 10.2. The summed E-state index contributed by atoms with van der Waals surface area (Å²) < 4.78 is 15.3. The van der Waals surface area contributed by atoms with Gasteiger partial charge in [-0.05, 0) is 18.2 Å². The molecule has 7 nitrogen and oxygen atoms in total. The van der Waals surface area contributed by atoms with Crippen molar-refractivity contribution in [1.82, 2.24) is 0 Å². The van der Waals surface area contributed by atoms with E-state index in [2.05, 4.69) is 0 Å². The number of nitro benzene ring substituents is 1. The molecule has 0 radical (unpaired) electrons. The fourth-order valence-electron chi connectivity index (χ4n) is 1.68. The minimum absolute atomic E-state index is 0.0593. The van der Waals surface area contributed by atoms with Gasteiger partial charge in [0.1, 0.15) is 5.75 Å². The number of nitro groups is 1. The Bertz CT molecular complexity index is 670. The Hall–Kier alpha value is -3.09. The third-order valence-corrected chi connectivity index (χ3v) is 2.60. The zero-order valence-corrected chi connectivity index (χ0v) is 11.0. The van der Waals surface area contributed by atoms with Crippen molar-refractivity contribution >= 4 is 12.2 Å². The van der Waals surface area contributed by atoms with E-state index in [-0.39, 0.29) is 29.4 Å². The highest BCUT2D eigenvalue weighted by Gasteiger charge is 2.17. The summed E-state index contributed by atoms with van der Waals surface area (Å²) in [5, 5.41) is 11.0. The largest absolute Gasteiger partial charge is 0.493 e. The van der Waals surface area contributed by atoms with Crippen LogP contribution in [0.3, 0.4) is 0 Å². The second-order valence-electron chi connectivity index (χ2n) is 3.85. The lowest BCUT2D eigenvalue weighted by atomic mass is 10.2. The van der Waals surface area contributed by atoms with Crippen molar-refractivity contribution in [3.8, 4) is 23.0 Å². The molecule has 2 rings (SSSR count). The summed E-state index contributed by atoms with van der Waals surface area (Å²) in [6, 6.07) is 10.4. The van der Waals surface area contributed by atoms with E-state index in [0.29, 0.717) is 5.75 Å². The fraction of sp³-hybridized carbons (Fsp3) is 0.0714. The van der Waals surface area contributed by atoms with Gasteiger partial charge in [0.25, 0.3) is 6.47 Å². The van der Waals surface area contributed by atoms with Crippen molar-refractivity contribution in [2.24, 2.45) is 0 Å². The number of methoxy groups -OCH3 is 1. The fourth-order valence-corrected chi connectivity index (χ4v) is 1.68. The van der Waals surface area contributed by atoms with E-state index in [4.69, 9.17) is 14.2 Å². The lowest BCUT2D eigenvalue weighted by Crippen LogP contribution is -1.96. The van der Waals surface area contributed by atoms with Crippen LogP contribution in [0.15, 0.2) is 42.5 Å². The molecule has 0 fully saturated rings. The highest BCUT2D eigenvalue weighted by Crippen LogP contribution is 2.37. The maximum Gasteiger partial charge on any atom is 0.311 e. The normalized spacial score (nSPS) is 9.76. The zero-order valence-electron chi connectivity index (χ0n) is 11.0.